The summed E-state index contributed by atoms with van der Waals surface area (Å²) in [4.78, 5) is 20.1. The predicted molar refractivity (Wildman–Crippen MR) is 75.0 cm³/mol. The molecule has 1 amide bonds. The van der Waals surface area contributed by atoms with Crippen LogP contribution in [0.15, 0.2) is 35.3 Å². The van der Waals surface area contributed by atoms with Crippen LogP contribution in [0, 0.1) is 0 Å². The van der Waals surface area contributed by atoms with E-state index in [2.05, 4.69) is 15.3 Å². The van der Waals surface area contributed by atoms with Crippen LogP contribution in [0.4, 0.5) is 5.13 Å². The molecule has 20 heavy (non-hydrogen) atoms. The van der Waals surface area contributed by atoms with Crippen molar-refractivity contribution in [1.82, 2.24) is 9.97 Å². The molecule has 0 saturated carbocycles. The predicted octanol–water partition coefficient (Wildman–Crippen LogP) is 2.47. The standard InChI is InChI=1S/C13H11N3O3S/c1-18-9-2-3-10-11(5-9)20-13(15-10)16-12(17)4-8-6-19-7-14-8/h2-3,5-7H,4H2,1H3,(H,15,16,17). The van der Waals surface area contributed by atoms with Gasteiger partial charge in [-0.2, -0.15) is 0 Å². The number of fused-ring (bicyclic) bond motifs is 1. The molecule has 0 saturated heterocycles. The number of anilines is 1. The quantitative estimate of drug-likeness (QED) is 0.798. The number of methoxy groups -OCH3 is 1. The number of amides is 1. The first-order valence-electron chi connectivity index (χ1n) is 5.86. The number of nitrogens with zero attached hydrogens (tertiary/aromatic N) is 2. The van der Waals surface area contributed by atoms with Crippen molar-refractivity contribution in [2.75, 3.05) is 12.4 Å². The monoisotopic (exact) mass is 289 g/mol. The SMILES string of the molecule is COc1ccc2nc(NC(=O)Cc3cocn3)sc2c1. The largest absolute Gasteiger partial charge is 0.497 e. The van der Waals surface area contributed by atoms with Crippen molar-refractivity contribution in [3.05, 3.63) is 36.5 Å². The van der Waals surface area contributed by atoms with E-state index in [1.165, 1.54) is 24.0 Å². The zero-order valence-corrected chi connectivity index (χ0v) is 11.4. The molecular weight excluding hydrogens is 278 g/mol. The molecule has 1 aromatic carbocycles. The van der Waals surface area contributed by atoms with Crippen molar-refractivity contribution in [2.45, 2.75) is 6.42 Å². The van der Waals surface area contributed by atoms with Crippen molar-refractivity contribution in [2.24, 2.45) is 0 Å². The van der Waals surface area contributed by atoms with Crippen molar-refractivity contribution in [3.8, 4) is 5.75 Å². The van der Waals surface area contributed by atoms with Gasteiger partial charge in [-0.15, -0.1) is 0 Å². The van der Waals surface area contributed by atoms with Gasteiger partial charge in [-0.3, -0.25) is 4.79 Å². The summed E-state index contributed by atoms with van der Waals surface area (Å²) in [5, 5.41) is 3.31. The third-order valence-electron chi connectivity index (χ3n) is 2.67. The Hall–Kier alpha value is -2.41. The van der Waals surface area contributed by atoms with Gasteiger partial charge in [0.25, 0.3) is 0 Å². The molecule has 2 heterocycles. The number of benzene rings is 1. The lowest BCUT2D eigenvalue weighted by Crippen LogP contribution is -2.14. The summed E-state index contributed by atoms with van der Waals surface area (Å²) in [5.74, 6) is 0.589. The molecule has 0 spiro atoms. The average Bonchev–Trinajstić information content (AvgIpc) is 3.06. The van der Waals surface area contributed by atoms with Crippen LogP contribution in [0.1, 0.15) is 5.69 Å². The van der Waals surface area contributed by atoms with Gasteiger partial charge < -0.3 is 14.5 Å². The van der Waals surface area contributed by atoms with Gasteiger partial charge in [-0.1, -0.05) is 11.3 Å². The van der Waals surface area contributed by atoms with Gasteiger partial charge in [0, 0.05) is 0 Å². The van der Waals surface area contributed by atoms with Gasteiger partial charge >= 0.3 is 0 Å². The van der Waals surface area contributed by atoms with Crippen molar-refractivity contribution in [1.29, 1.82) is 0 Å². The van der Waals surface area contributed by atoms with Crippen LogP contribution >= 0.6 is 11.3 Å². The van der Waals surface area contributed by atoms with E-state index in [1.807, 2.05) is 18.2 Å². The van der Waals surface area contributed by atoms with Crippen LogP contribution in [0.25, 0.3) is 10.2 Å². The summed E-state index contributed by atoms with van der Waals surface area (Å²) < 4.78 is 10.9. The van der Waals surface area contributed by atoms with E-state index in [1.54, 1.807) is 7.11 Å². The summed E-state index contributed by atoms with van der Waals surface area (Å²) in [6.45, 7) is 0. The van der Waals surface area contributed by atoms with E-state index in [0.29, 0.717) is 10.8 Å². The van der Waals surface area contributed by atoms with Crippen LogP contribution in [-0.2, 0) is 11.2 Å². The third kappa shape index (κ3) is 2.62. The first-order chi connectivity index (χ1) is 9.74. The van der Waals surface area contributed by atoms with Gasteiger partial charge in [0.15, 0.2) is 11.5 Å². The van der Waals surface area contributed by atoms with Crippen LogP contribution in [0.2, 0.25) is 0 Å². The molecule has 0 aliphatic rings. The lowest BCUT2D eigenvalue weighted by atomic mass is 10.3. The highest BCUT2D eigenvalue weighted by atomic mass is 32.1. The Morgan fingerprint density at radius 1 is 1.50 bits per heavy atom. The second kappa shape index (κ2) is 5.30. The second-order valence-corrected chi connectivity index (χ2v) is 5.09. The first-order valence-corrected chi connectivity index (χ1v) is 6.68. The Kier molecular flexibility index (Phi) is 3.34. The molecular formula is C13H11N3O3S. The average molecular weight is 289 g/mol. The maximum atomic E-state index is 11.8. The molecule has 0 fully saturated rings. The molecule has 1 N–H and O–H groups in total. The molecule has 0 unspecified atom stereocenters. The molecule has 0 aliphatic heterocycles. The maximum absolute atomic E-state index is 11.8. The number of carbonyl (C=O) groups is 1. The van der Waals surface area contributed by atoms with Crippen LogP contribution in [0.3, 0.4) is 0 Å². The Labute approximate surface area is 118 Å². The highest BCUT2D eigenvalue weighted by molar-refractivity contribution is 7.22. The van der Waals surface area contributed by atoms with E-state index in [9.17, 15) is 4.79 Å². The van der Waals surface area contributed by atoms with Gasteiger partial charge in [-0.05, 0) is 18.2 Å². The van der Waals surface area contributed by atoms with Gasteiger partial charge in [0.1, 0.15) is 12.0 Å². The summed E-state index contributed by atoms with van der Waals surface area (Å²) in [6.07, 6.45) is 2.91. The number of hydrogen-bond donors (Lipinski definition) is 1. The summed E-state index contributed by atoms with van der Waals surface area (Å²) in [7, 11) is 1.61. The lowest BCUT2D eigenvalue weighted by Gasteiger charge is -1.97. The fourth-order valence-corrected chi connectivity index (χ4v) is 2.65. The molecule has 6 nitrogen and oxygen atoms in total. The van der Waals surface area contributed by atoms with Crippen LogP contribution < -0.4 is 10.1 Å². The van der Waals surface area contributed by atoms with Crippen LogP contribution in [-0.4, -0.2) is 23.0 Å². The Morgan fingerprint density at radius 3 is 3.15 bits per heavy atom. The first kappa shape index (κ1) is 12.6. The van der Waals surface area contributed by atoms with E-state index < -0.39 is 0 Å². The zero-order chi connectivity index (χ0) is 13.9. The zero-order valence-electron chi connectivity index (χ0n) is 10.6. The van der Waals surface area contributed by atoms with E-state index >= 15 is 0 Å². The fraction of sp³-hybridized carbons (Fsp3) is 0.154. The molecule has 3 aromatic rings. The normalized spacial score (nSPS) is 10.7. The highest BCUT2D eigenvalue weighted by Gasteiger charge is 2.10. The smallest absolute Gasteiger partial charge is 0.232 e. The molecule has 3 rings (SSSR count). The minimum atomic E-state index is -0.176. The van der Waals surface area contributed by atoms with Gasteiger partial charge in [0.2, 0.25) is 5.91 Å². The number of thiazole rings is 1. The number of oxazole rings is 1. The number of ether oxygens (including phenoxy) is 1. The Morgan fingerprint density at radius 2 is 2.40 bits per heavy atom. The topological polar surface area (TPSA) is 77.2 Å². The molecule has 0 radical (unpaired) electrons. The summed E-state index contributed by atoms with van der Waals surface area (Å²) in [6, 6.07) is 5.58. The van der Waals surface area contributed by atoms with Gasteiger partial charge in [-0.25, -0.2) is 9.97 Å². The number of carbonyl (C=O) groups excluding carboxylic acids is 1. The minimum absolute atomic E-state index is 0.162. The van der Waals surface area contributed by atoms with E-state index in [0.717, 1.165) is 16.0 Å². The van der Waals surface area contributed by atoms with Crippen molar-refractivity contribution >= 4 is 32.6 Å². The number of rotatable bonds is 4. The number of nitrogens with one attached hydrogen (secondary N) is 1. The van der Waals surface area contributed by atoms with Crippen molar-refractivity contribution < 1.29 is 13.9 Å². The van der Waals surface area contributed by atoms with Crippen molar-refractivity contribution in [3.63, 3.8) is 0 Å². The summed E-state index contributed by atoms with van der Waals surface area (Å²) in [5.41, 5.74) is 1.41. The van der Waals surface area contributed by atoms with Gasteiger partial charge in [0.05, 0.1) is 29.4 Å². The minimum Gasteiger partial charge on any atom is -0.497 e. The molecule has 0 aliphatic carbocycles. The number of aromatic nitrogens is 2. The lowest BCUT2D eigenvalue weighted by molar-refractivity contribution is -0.115. The highest BCUT2D eigenvalue weighted by Crippen LogP contribution is 2.29. The Bertz CT molecular complexity index is 736. The second-order valence-electron chi connectivity index (χ2n) is 4.06. The molecule has 2 aromatic heterocycles. The number of hydrogen-bond acceptors (Lipinski definition) is 6. The molecule has 102 valence electrons. The third-order valence-corrected chi connectivity index (χ3v) is 3.60. The Balaban J connectivity index is 1.75. The van der Waals surface area contributed by atoms with E-state index in [4.69, 9.17) is 9.15 Å². The maximum Gasteiger partial charge on any atom is 0.232 e. The summed E-state index contributed by atoms with van der Waals surface area (Å²) >= 11 is 1.40. The fourth-order valence-electron chi connectivity index (χ4n) is 1.74. The van der Waals surface area contributed by atoms with E-state index in [-0.39, 0.29) is 12.3 Å². The molecule has 0 atom stereocenters. The molecule has 0 bridgehead atoms. The van der Waals surface area contributed by atoms with Crippen LogP contribution in [0.5, 0.6) is 5.75 Å². The molecule has 7 heteroatoms.